The molecule has 42 heavy (non-hydrogen) atoms. The summed E-state index contributed by atoms with van der Waals surface area (Å²) in [5.41, 5.74) is 0. The Kier molecular flexibility index (Phi) is 29.3. The third kappa shape index (κ3) is 25.5. The second-order valence-electron chi connectivity index (χ2n) is 12.7. The molecule has 0 saturated heterocycles. The van der Waals surface area contributed by atoms with Crippen molar-refractivity contribution < 1.29 is 24.6 Å². The third-order valence-corrected chi connectivity index (χ3v) is 13.0. The largest absolute Gasteiger partial charge is 0.481 e. The van der Waals surface area contributed by atoms with E-state index in [4.69, 9.17) is 0 Å². The molecule has 0 heterocycles. The molecule has 0 bridgehead atoms. The van der Waals surface area contributed by atoms with Gasteiger partial charge in [-0.3, -0.25) is 14.4 Å². The highest BCUT2D eigenvalue weighted by Gasteiger charge is 2.32. The Hall–Kier alpha value is -1.04. The Morgan fingerprint density at radius 1 is 0.381 bits per heavy atom. The molecule has 0 saturated carbocycles. The predicted octanol–water partition coefficient (Wildman–Crippen LogP) is 11.4. The van der Waals surface area contributed by atoms with E-state index in [1.807, 2.05) is 0 Å². The van der Waals surface area contributed by atoms with Crippen molar-refractivity contribution in [3.05, 3.63) is 0 Å². The first-order valence-corrected chi connectivity index (χ1v) is 20.2. The number of rotatable bonds is 33. The highest BCUT2D eigenvalue weighted by molar-refractivity contribution is 8.45. The molecule has 0 atom stereocenters. The minimum Gasteiger partial charge on any atom is -0.481 e. The molecule has 0 radical (unpaired) electrons. The zero-order chi connectivity index (χ0) is 31.2. The molecule has 2 N–H and O–H groups in total. The van der Waals surface area contributed by atoms with Crippen LogP contribution in [0.2, 0.25) is 0 Å². The second kappa shape index (κ2) is 30.0. The number of hydrogen-bond donors (Lipinski definition) is 2. The van der Waals surface area contributed by atoms with Gasteiger partial charge in [0.25, 0.3) is 0 Å². The normalized spacial score (nSPS) is 12.0. The number of carboxylic acid groups (broad SMARTS) is 2. The molecule has 0 aliphatic heterocycles. The van der Waals surface area contributed by atoms with Crippen molar-refractivity contribution in [2.24, 2.45) is 0 Å². The maximum atomic E-state index is 13.6. The SMILES string of the molecule is CCCCCCCCCCCCCCCCCC(=O)S(CCCCCCCCCCCC)(CCC(=O)O)CCC(=O)O. The van der Waals surface area contributed by atoms with Crippen molar-refractivity contribution in [3.63, 3.8) is 0 Å². The quantitative estimate of drug-likeness (QED) is 0.0717. The average Bonchev–Trinajstić information content (AvgIpc) is 2.96. The molecule has 0 aliphatic rings. The molecule has 0 aliphatic carbocycles. The van der Waals surface area contributed by atoms with E-state index in [1.165, 1.54) is 122 Å². The van der Waals surface area contributed by atoms with E-state index in [-0.39, 0.29) is 18.0 Å². The van der Waals surface area contributed by atoms with Crippen molar-refractivity contribution in [2.45, 2.75) is 194 Å². The Balaban J connectivity index is 4.39. The van der Waals surface area contributed by atoms with Gasteiger partial charge in [-0.1, -0.05) is 162 Å². The number of carboxylic acids is 2. The second-order valence-corrected chi connectivity index (χ2v) is 16.5. The topological polar surface area (TPSA) is 91.7 Å². The summed E-state index contributed by atoms with van der Waals surface area (Å²) in [6, 6.07) is 0. The monoisotopic (exact) mass is 614 g/mol. The Morgan fingerprint density at radius 3 is 0.976 bits per heavy atom. The van der Waals surface area contributed by atoms with Crippen LogP contribution >= 0.6 is 10.0 Å². The van der Waals surface area contributed by atoms with Crippen LogP contribution in [0.3, 0.4) is 0 Å². The van der Waals surface area contributed by atoms with Crippen LogP contribution in [0.25, 0.3) is 0 Å². The molecule has 0 spiro atoms. The lowest BCUT2D eigenvalue weighted by Crippen LogP contribution is -2.25. The van der Waals surface area contributed by atoms with Crippen LogP contribution in [0.5, 0.6) is 0 Å². The zero-order valence-electron chi connectivity index (χ0n) is 27.9. The summed E-state index contributed by atoms with van der Waals surface area (Å²) < 4.78 is 0. The first kappa shape index (κ1) is 41.0. The minimum absolute atomic E-state index is 0.0304. The molecule has 0 unspecified atom stereocenters. The van der Waals surface area contributed by atoms with Crippen LogP contribution in [-0.2, 0) is 14.4 Å². The van der Waals surface area contributed by atoms with Gasteiger partial charge in [-0.05, 0) is 30.1 Å². The number of aliphatic carboxylic acids is 2. The minimum atomic E-state index is -1.89. The van der Waals surface area contributed by atoms with Crippen molar-refractivity contribution in [2.75, 3.05) is 17.3 Å². The number of carbonyl (C=O) groups is 3. The van der Waals surface area contributed by atoms with Gasteiger partial charge in [0.2, 0.25) is 0 Å². The van der Waals surface area contributed by atoms with Crippen LogP contribution in [0.15, 0.2) is 0 Å². The van der Waals surface area contributed by atoms with Gasteiger partial charge in [0.1, 0.15) is 0 Å². The van der Waals surface area contributed by atoms with Crippen molar-refractivity contribution >= 4 is 27.1 Å². The summed E-state index contributed by atoms with van der Waals surface area (Å²) in [4.78, 5) is 36.5. The van der Waals surface area contributed by atoms with Gasteiger partial charge in [0.05, 0.1) is 12.8 Å². The summed E-state index contributed by atoms with van der Waals surface area (Å²) in [5, 5.41) is 19.0. The molecule has 0 aromatic rings. The smallest absolute Gasteiger partial charge is 0.304 e. The highest BCUT2D eigenvalue weighted by atomic mass is 32.3. The summed E-state index contributed by atoms with van der Waals surface area (Å²) in [6.07, 6.45) is 31.8. The fourth-order valence-corrected chi connectivity index (χ4v) is 9.70. The van der Waals surface area contributed by atoms with Crippen LogP contribution in [0.4, 0.5) is 0 Å². The lowest BCUT2D eigenvalue weighted by atomic mass is 10.0. The Bertz CT molecular complexity index is 633. The molecule has 0 amide bonds. The van der Waals surface area contributed by atoms with Gasteiger partial charge in [0.15, 0.2) is 5.12 Å². The van der Waals surface area contributed by atoms with E-state index in [0.717, 1.165) is 38.5 Å². The van der Waals surface area contributed by atoms with E-state index in [9.17, 15) is 24.6 Å². The van der Waals surface area contributed by atoms with Crippen LogP contribution < -0.4 is 0 Å². The molecule has 0 aromatic heterocycles. The van der Waals surface area contributed by atoms with Crippen LogP contribution in [0, 0.1) is 0 Å². The summed E-state index contributed by atoms with van der Waals surface area (Å²) >= 11 is 0. The third-order valence-electron chi connectivity index (χ3n) is 8.77. The highest BCUT2D eigenvalue weighted by Crippen LogP contribution is 2.52. The van der Waals surface area contributed by atoms with E-state index >= 15 is 0 Å². The van der Waals surface area contributed by atoms with Crippen LogP contribution in [-0.4, -0.2) is 44.5 Å². The first-order valence-electron chi connectivity index (χ1n) is 18.1. The van der Waals surface area contributed by atoms with Gasteiger partial charge in [-0.2, -0.15) is 10.0 Å². The molecule has 5 nitrogen and oxygen atoms in total. The number of unbranched alkanes of at least 4 members (excludes halogenated alkanes) is 23. The summed E-state index contributed by atoms with van der Waals surface area (Å²) in [7, 11) is -1.89. The standard InChI is InChI=1S/C36H70O5S/c1-3-5-7-9-11-13-15-16-17-18-19-20-22-24-26-28-36(41)42(32-29-34(37)38,33-30-35(39)40)31-27-25-23-21-14-12-10-8-6-4-2/h3-33H2,1-2H3,(H,37,38)(H,39,40). The van der Waals surface area contributed by atoms with Crippen LogP contribution in [0.1, 0.15) is 194 Å². The van der Waals surface area contributed by atoms with E-state index in [0.29, 0.717) is 23.7 Å². The lowest BCUT2D eigenvalue weighted by molar-refractivity contribution is -0.137. The fraction of sp³-hybridized carbons (Fsp3) is 0.917. The lowest BCUT2D eigenvalue weighted by Gasteiger charge is -2.38. The zero-order valence-corrected chi connectivity index (χ0v) is 28.8. The van der Waals surface area contributed by atoms with Crippen molar-refractivity contribution in [1.82, 2.24) is 0 Å². The molecule has 250 valence electrons. The Morgan fingerprint density at radius 2 is 0.667 bits per heavy atom. The maximum Gasteiger partial charge on any atom is 0.304 e. The van der Waals surface area contributed by atoms with Gasteiger partial charge < -0.3 is 10.2 Å². The molecule has 6 heteroatoms. The number of hydrogen-bond acceptors (Lipinski definition) is 3. The van der Waals surface area contributed by atoms with E-state index < -0.39 is 22.0 Å². The summed E-state index contributed by atoms with van der Waals surface area (Å²) in [5.74, 6) is -0.355. The Labute approximate surface area is 262 Å². The van der Waals surface area contributed by atoms with E-state index in [1.54, 1.807) is 0 Å². The number of carbonyl (C=O) groups excluding carboxylic acids is 1. The van der Waals surface area contributed by atoms with Gasteiger partial charge in [0, 0.05) is 6.42 Å². The van der Waals surface area contributed by atoms with Gasteiger partial charge in [-0.25, -0.2) is 0 Å². The summed E-state index contributed by atoms with van der Waals surface area (Å²) in [6.45, 7) is 4.50. The van der Waals surface area contributed by atoms with Gasteiger partial charge >= 0.3 is 11.9 Å². The molecular weight excluding hydrogens is 544 g/mol. The van der Waals surface area contributed by atoms with Crippen molar-refractivity contribution in [1.29, 1.82) is 0 Å². The molecule has 0 aromatic carbocycles. The first-order chi connectivity index (χ1) is 20.4. The van der Waals surface area contributed by atoms with Gasteiger partial charge in [-0.15, -0.1) is 0 Å². The molecule has 0 rings (SSSR count). The fourth-order valence-electron chi connectivity index (χ4n) is 5.94. The van der Waals surface area contributed by atoms with Crippen molar-refractivity contribution in [3.8, 4) is 0 Å². The van der Waals surface area contributed by atoms with E-state index in [2.05, 4.69) is 13.8 Å². The molecular formula is C36H70O5S. The maximum absolute atomic E-state index is 13.6. The predicted molar refractivity (Wildman–Crippen MR) is 183 cm³/mol. The average molecular weight is 615 g/mol. The molecule has 0 fully saturated rings.